The van der Waals surface area contributed by atoms with E-state index >= 15 is 0 Å². The second-order valence-corrected chi connectivity index (χ2v) is 3.80. The number of nitrogens with zero attached hydrogens (tertiary/aromatic N) is 1. The van der Waals surface area contributed by atoms with Crippen LogP contribution in [0.5, 0.6) is 0 Å². The second kappa shape index (κ2) is 6.44. The first kappa shape index (κ1) is 13.8. The molecule has 7 heteroatoms. The molecule has 17 heavy (non-hydrogen) atoms. The summed E-state index contributed by atoms with van der Waals surface area (Å²) in [5, 5.41) is 2.60. The number of rotatable bonds is 4. The summed E-state index contributed by atoms with van der Waals surface area (Å²) in [6.45, 7) is 2.67. The van der Waals surface area contributed by atoms with Gasteiger partial charge < -0.3 is 15.0 Å². The molecule has 6 nitrogen and oxygen atoms in total. The van der Waals surface area contributed by atoms with Gasteiger partial charge in [-0.05, 0) is 6.92 Å². The average Bonchev–Trinajstić information content (AvgIpc) is 2.31. The number of carbonyl (C=O) groups excluding carboxylic acids is 3. The fourth-order valence-electron chi connectivity index (χ4n) is 1.67. The summed E-state index contributed by atoms with van der Waals surface area (Å²) in [5.41, 5.74) is 0. The van der Waals surface area contributed by atoms with E-state index in [4.69, 9.17) is 16.3 Å². The number of alkyl halides is 1. The van der Waals surface area contributed by atoms with Crippen molar-refractivity contribution in [1.29, 1.82) is 0 Å². The number of carbonyl (C=O) groups is 3. The van der Waals surface area contributed by atoms with Crippen molar-refractivity contribution >= 4 is 29.4 Å². The van der Waals surface area contributed by atoms with Crippen LogP contribution in [0.15, 0.2) is 0 Å². The molecule has 1 aliphatic rings. The quantitative estimate of drug-likeness (QED) is 0.548. The second-order valence-electron chi connectivity index (χ2n) is 3.54. The zero-order chi connectivity index (χ0) is 12.8. The first-order valence-corrected chi connectivity index (χ1v) is 5.92. The summed E-state index contributed by atoms with van der Waals surface area (Å²) in [6, 6.07) is -0.811. The van der Waals surface area contributed by atoms with E-state index in [1.165, 1.54) is 4.90 Å². The third-order valence-corrected chi connectivity index (χ3v) is 2.66. The highest BCUT2D eigenvalue weighted by Crippen LogP contribution is 2.10. The van der Waals surface area contributed by atoms with Crippen LogP contribution in [0, 0.1) is 0 Å². The number of nitrogens with one attached hydrogen (secondary N) is 1. The number of hydrogen-bond acceptors (Lipinski definition) is 4. The van der Waals surface area contributed by atoms with Crippen LogP contribution in [0.2, 0.25) is 0 Å². The van der Waals surface area contributed by atoms with Crippen molar-refractivity contribution in [2.75, 3.05) is 25.6 Å². The molecule has 0 aromatic carbocycles. The molecule has 1 atom stereocenters. The summed E-state index contributed by atoms with van der Waals surface area (Å²) in [5.74, 6) is -1.40. The highest BCUT2D eigenvalue weighted by Gasteiger charge is 2.34. The third kappa shape index (κ3) is 3.59. The van der Waals surface area contributed by atoms with Crippen LogP contribution in [-0.4, -0.2) is 54.3 Å². The van der Waals surface area contributed by atoms with Crippen LogP contribution in [0.1, 0.15) is 13.3 Å². The fraction of sp³-hybridized carbons (Fsp3) is 0.700. The van der Waals surface area contributed by atoms with Gasteiger partial charge in [-0.15, -0.1) is 11.6 Å². The lowest BCUT2D eigenvalue weighted by atomic mass is 10.1. The largest absolute Gasteiger partial charge is 0.466 e. The molecule has 2 amide bonds. The molecule has 96 valence electrons. The normalized spacial score (nSPS) is 19.8. The molecule has 1 rings (SSSR count). The van der Waals surface area contributed by atoms with Gasteiger partial charge in [0.1, 0.15) is 11.9 Å². The maximum absolute atomic E-state index is 11.6. The van der Waals surface area contributed by atoms with Gasteiger partial charge in [0, 0.05) is 13.1 Å². The van der Waals surface area contributed by atoms with Gasteiger partial charge in [-0.3, -0.25) is 14.4 Å². The van der Waals surface area contributed by atoms with Crippen LogP contribution >= 0.6 is 11.6 Å². The summed E-state index contributed by atoms with van der Waals surface area (Å²) >= 11 is 5.46. The topological polar surface area (TPSA) is 75.7 Å². The molecule has 0 aliphatic carbocycles. The van der Waals surface area contributed by atoms with Gasteiger partial charge in [0.15, 0.2) is 0 Å². The Morgan fingerprint density at radius 1 is 1.59 bits per heavy atom. The first-order chi connectivity index (χ1) is 8.10. The van der Waals surface area contributed by atoms with Crippen molar-refractivity contribution in [3.63, 3.8) is 0 Å². The van der Waals surface area contributed by atoms with Crippen molar-refractivity contribution in [3.05, 3.63) is 0 Å². The Balaban J connectivity index is 2.70. The van der Waals surface area contributed by atoms with Crippen LogP contribution < -0.4 is 5.32 Å². The minimum atomic E-state index is -0.811. The van der Waals surface area contributed by atoms with Gasteiger partial charge in [0.2, 0.25) is 11.8 Å². The standard InChI is InChI=1S/C10H15ClN2O4/c1-2-17-9(15)5-7-10(16)12-3-4-13(7)8(14)6-11/h7H,2-6H2,1H3,(H,12,16). The molecular formula is C10H15ClN2O4. The number of halogens is 1. The zero-order valence-corrected chi connectivity index (χ0v) is 10.3. The molecule has 0 radical (unpaired) electrons. The summed E-state index contributed by atoms with van der Waals surface area (Å²) in [6.07, 6.45) is -0.137. The van der Waals surface area contributed by atoms with E-state index in [0.717, 1.165) is 0 Å². The number of ether oxygens (including phenoxy) is 1. The number of esters is 1. The van der Waals surface area contributed by atoms with E-state index in [1.807, 2.05) is 0 Å². The molecule has 1 saturated heterocycles. The third-order valence-electron chi connectivity index (χ3n) is 2.43. The number of amides is 2. The van der Waals surface area contributed by atoms with Crippen LogP contribution in [-0.2, 0) is 19.1 Å². The minimum Gasteiger partial charge on any atom is -0.466 e. The Kier molecular flexibility index (Phi) is 5.21. The molecule has 0 aromatic rings. The minimum absolute atomic E-state index is 0.137. The molecule has 1 aliphatic heterocycles. The van der Waals surface area contributed by atoms with Gasteiger partial charge in [-0.1, -0.05) is 0 Å². The predicted octanol–water partition coefficient (Wildman–Crippen LogP) is -0.495. The van der Waals surface area contributed by atoms with E-state index in [0.29, 0.717) is 13.1 Å². The Morgan fingerprint density at radius 3 is 2.88 bits per heavy atom. The maximum Gasteiger partial charge on any atom is 0.308 e. The van der Waals surface area contributed by atoms with Gasteiger partial charge in [0.05, 0.1) is 13.0 Å². The van der Waals surface area contributed by atoms with Crippen molar-refractivity contribution in [2.45, 2.75) is 19.4 Å². The van der Waals surface area contributed by atoms with E-state index in [9.17, 15) is 14.4 Å². The Bertz CT molecular complexity index is 321. The molecule has 1 unspecified atom stereocenters. The molecule has 0 aromatic heterocycles. The van der Waals surface area contributed by atoms with Crippen molar-refractivity contribution < 1.29 is 19.1 Å². The molecule has 1 fully saturated rings. The molecule has 0 bridgehead atoms. The van der Waals surface area contributed by atoms with Gasteiger partial charge in [-0.25, -0.2) is 0 Å². The first-order valence-electron chi connectivity index (χ1n) is 5.39. The van der Waals surface area contributed by atoms with Crippen molar-refractivity contribution in [1.82, 2.24) is 10.2 Å². The van der Waals surface area contributed by atoms with Crippen LogP contribution in [0.4, 0.5) is 0 Å². The smallest absolute Gasteiger partial charge is 0.308 e. The van der Waals surface area contributed by atoms with Crippen LogP contribution in [0.3, 0.4) is 0 Å². The lowest BCUT2D eigenvalue weighted by Crippen LogP contribution is -2.58. The average molecular weight is 263 g/mol. The number of piperazine rings is 1. The Labute approximate surface area is 104 Å². The number of hydrogen-bond donors (Lipinski definition) is 1. The highest BCUT2D eigenvalue weighted by atomic mass is 35.5. The summed E-state index contributed by atoms with van der Waals surface area (Å²) < 4.78 is 4.76. The molecule has 0 spiro atoms. The van der Waals surface area contributed by atoms with Crippen LogP contribution in [0.25, 0.3) is 0 Å². The van der Waals surface area contributed by atoms with Gasteiger partial charge >= 0.3 is 5.97 Å². The fourth-order valence-corrected chi connectivity index (χ4v) is 1.82. The molecular weight excluding hydrogens is 248 g/mol. The molecule has 0 saturated carbocycles. The zero-order valence-electron chi connectivity index (χ0n) is 9.57. The van der Waals surface area contributed by atoms with E-state index in [1.54, 1.807) is 6.92 Å². The van der Waals surface area contributed by atoms with Gasteiger partial charge in [0.25, 0.3) is 0 Å². The maximum atomic E-state index is 11.6. The summed E-state index contributed by atoms with van der Waals surface area (Å²) in [7, 11) is 0. The highest BCUT2D eigenvalue weighted by molar-refractivity contribution is 6.27. The van der Waals surface area contributed by atoms with Crippen molar-refractivity contribution in [3.8, 4) is 0 Å². The van der Waals surface area contributed by atoms with Gasteiger partial charge in [-0.2, -0.15) is 0 Å². The lowest BCUT2D eigenvalue weighted by molar-refractivity contribution is -0.150. The lowest BCUT2D eigenvalue weighted by Gasteiger charge is -2.34. The monoisotopic (exact) mass is 262 g/mol. The molecule has 1 heterocycles. The SMILES string of the molecule is CCOC(=O)CC1C(=O)NCCN1C(=O)CCl. The Morgan fingerprint density at radius 2 is 2.29 bits per heavy atom. The van der Waals surface area contributed by atoms with E-state index in [2.05, 4.69) is 5.32 Å². The van der Waals surface area contributed by atoms with E-state index in [-0.39, 0.29) is 30.7 Å². The Hall–Kier alpha value is -1.30. The molecule has 1 N–H and O–H groups in total. The predicted molar refractivity (Wildman–Crippen MR) is 60.5 cm³/mol. The summed E-state index contributed by atoms with van der Waals surface area (Å²) in [4.78, 5) is 35.8. The van der Waals surface area contributed by atoms with E-state index < -0.39 is 12.0 Å². The van der Waals surface area contributed by atoms with Crippen molar-refractivity contribution in [2.24, 2.45) is 0 Å².